The second-order valence-corrected chi connectivity index (χ2v) is 6.72. The van der Waals surface area contributed by atoms with Gasteiger partial charge < -0.3 is 9.88 Å². The zero-order valence-corrected chi connectivity index (χ0v) is 15.6. The number of hydrogen-bond acceptors (Lipinski definition) is 4. The summed E-state index contributed by atoms with van der Waals surface area (Å²) in [5.41, 5.74) is 3.46. The first-order valence-electron chi connectivity index (χ1n) is 9.26. The predicted octanol–water partition coefficient (Wildman–Crippen LogP) is 3.24. The first kappa shape index (κ1) is 17.9. The van der Waals surface area contributed by atoms with Crippen molar-refractivity contribution < 1.29 is 4.79 Å². The third-order valence-corrected chi connectivity index (χ3v) is 4.50. The van der Waals surface area contributed by atoms with Crippen molar-refractivity contribution in [2.45, 2.75) is 25.9 Å². The van der Waals surface area contributed by atoms with E-state index in [0.29, 0.717) is 12.2 Å². The second-order valence-electron chi connectivity index (χ2n) is 6.72. The van der Waals surface area contributed by atoms with E-state index in [1.54, 1.807) is 12.4 Å². The lowest BCUT2D eigenvalue weighted by Crippen LogP contribution is -2.36. The Bertz CT molecular complexity index is 1080. The molecule has 0 saturated heterocycles. The quantitative estimate of drug-likeness (QED) is 0.565. The molecule has 0 aliphatic carbocycles. The number of nitrogens with one attached hydrogen (secondary N) is 1. The molecule has 6 nitrogen and oxygen atoms in total. The van der Waals surface area contributed by atoms with Crippen molar-refractivity contribution in [3.63, 3.8) is 0 Å². The van der Waals surface area contributed by atoms with Crippen LogP contribution in [0.15, 0.2) is 73.1 Å². The standard InChI is InChI=1S/C22H21N5O/c1-16(14-17-8-4-6-12-23-17)25-21(28)15-27-20-11-3-2-9-18(20)26-22(27)19-10-5-7-13-24-19/h2-13,16H,14-15H2,1H3,(H,25,28)/t16-/m0/s1. The Morgan fingerprint density at radius 1 is 1.00 bits per heavy atom. The van der Waals surface area contributed by atoms with Crippen LogP contribution in [0.25, 0.3) is 22.6 Å². The molecule has 0 aliphatic heterocycles. The van der Waals surface area contributed by atoms with Crippen molar-refractivity contribution in [3.05, 3.63) is 78.8 Å². The molecule has 0 aliphatic rings. The molecule has 0 spiro atoms. The van der Waals surface area contributed by atoms with Crippen LogP contribution in [0.3, 0.4) is 0 Å². The van der Waals surface area contributed by atoms with Crippen LogP contribution in [0.5, 0.6) is 0 Å². The molecule has 1 aromatic carbocycles. The number of aromatic nitrogens is 4. The number of fused-ring (bicyclic) bond motifs is 1. The van der Waals surface area contributed by atoms with E-state index in [4.69, 9.17) is 4.98 Å². The lowest BCUT2D eigenvalue weighted by Gasteiger charge is -2.15. The fourth-order valence-corrected chi connectivity index (χ4v) is 3.27. The van der Waals surface area contributed by atoms with E-state index in [1.807, 2.05) is 72.2 Å². The zero-order valence-electron chi connectivity index (χ0n) is 15.6. The lowest BCUT2D eigenvalue weighted by molar-refractivity contribution is -0.122. The minimum Gasteiger partial charge on any atom is -0.352 e. The summed E-state index contributed by atoms with van der Waals surface area (Å²) in [5.74, 6) is 0.623. The monoisotopic (exact) mass is 371 g/mol. The summed E-state index contributed by atoms with van der Waals surface area (Å²) < 4.78 is 1.92. The molecule has 3 heterocycles. The molecule has 28 heavy (non-hydrogen) atoms. The zero-order chi connectivity index (χ0) is 19.3. The SMILES string of the molecule is C[C@@H](Cc1ccccn1)NC(=O)Cn1c(-c2ccccn2)nc2ccccc21. The van der Waals surface area contributed by atoms with Gasteiger partial charge in [-0.1, -0.05) is 24.3 Å². The topological polar surface area (TPSA) is 72.7 Å². The highest BCUT2D eigenvalue weighted by molar-refractivity contribution is 5.84. The Kier molecular flexibility index (Phi) is 5.10. The van der Waals surface area contributed by atoms with Crippen LogP contribution in [-0.2, 0) is 17.8 Å². The third kappa shape index (κ3) is 3.91. The van der Waals surface area contributed by atoms with Crippen LogP contribution in [-0.4, -0.2) is 31.5 Å². The van der Waals surface area contributed by atoms with Crippen molar-refractivity contribution in [2.75, 3.05) is 0 Å². The first-order valence-corrected chi connectivity index (χ1v) is 9.26. The number of pyridine rings is 2. The predicted molar refractivity (Wildman–Crippen MR) is 109 cm³/mol. The summed E-state index contributed by atoms with van der Waals surface area (Å²) in [6.07, 6.45) is 4.18. The Morgan fingerprint density at radius 2 is 1.75 bits per heavy atom. The van der Waals surface area contributed by atoms with Gasteiger partial charge in [-0.05, 0) is 43.3 Å². The Morgan fingerprint density at radius 3 is 2.50 bits per heavy atom. The number of nitrogens with zero attached hydrogens (tertiary/aromatic N) is 4. The molecule has 4 aromatic rings. The maximum Gasteiger partial charge on any atom is 0.240 e. The molecule has 6 heteroatoms. The fraction of sp³-hybridized carbons (Fsp3) is 0.182. The summed E-state index contributed by atoms with van der Waals surface area (Å²) >= 11 is 0. The smallest absolute Gasteiger partial charge is 0.240 e. The molecular weight excluding hydrogens is 350 g/mol. The number of amides is 1. The molecule has 3 aromatic heterocycles. The van der Waals surface area contributed by atoms with E-state index in [9.17, 15) is 4.79 Å². The number of benzene rings is 1. The van der Waals surface area contributed by atoms with E-state index in [-0.39, 0.29) is 18.5 Å². The van der Waals surface area contributed by atoms with Gasteiger partial charge in [0.05, 0.1) is 11.0 Å². The van der Waals surface area contributed by atoms with Crippen LogP contribution in [0, 0.1) is 0 Å². The summed E-state index contributed by atoms with van der Waals surface area (Å²) in [6.45, 7) is 2.16. The molecule has 0 fully saturated rings. The molecule has 1 amide bonds. The van der Waals surface area contributed by atoms with E-state index >= 15 is 0 Å². The van der Waals surface area contributed by atoms with Crippen LogP contribution in [0.1, 0.15) is 12.6 Å². The molecule has 0 saturated carbocycles. The van der Waals surface area contributed by atoms with Crippen molar-refractivity contribution in [3.8, 4) is 11.5 Å². The molecule has 1 atom stereocenters. The van der Waals surface area contributed by atoms with Crippen molar-refractivity contribution in [1.29, 1.82) is 0 Å². The van der Waals surface area contributed by atoms with Crippen molar-refractivity contribution >= 4 is 16.9 Å². The van der Waals surface area contributed by atoms with E-state index < -0.39 is 0 Å². The lowest BCUT2D eigenvalue weighted by atomic mass is 10.1. The maximum atomic E-state index is 12.7. The first-order chi connectivity index (χ1) is 13.7. The highest BCUT2D eigenvalue weighted by Gasteiger charge is 2.17. The van der Waals surface area contributed by atoms with E-state index in [1.165, 1.54) is 0 Å². The average Bonchev–Trinajstić information content (AvgIpc) is 3.08. The second kappa shape index (κ2) is 8.00. The van der Waals surface area contributed by atoms with E-state index in [2.05, 4.69) is 15.3 Å². The molecule has 0 unspecified atom stereocenters. The number of rotatable bonds is 6. The average molecular weight is 371 g/mol. The summed E-state index contributed by atoms with van der Waals surface area (Å²) in [7, 11) is 0. The number of hydrogen-bond donors (Lipinski definition) is 1. The minimum absolute atomic E-state index is 0.0181. The number of carbonyl (C=O) groups is 1. The summed E-state index contributed by atoms with van der Waals surface area (Å²) in [4.78, 5) is 26.2. The molecule has 0 bridgehead atoms. The van der Waals surface area contributed by atoms with Gasteiger partial charge in [-0.25, -0.2) is 4.98 Å². The van der Waals surface area contributed by atoms with Gasteiger partial charge in [0.2, 0.25) is 5.91 Å². The number of para-hydroxylation sites is 2. The van der Waals surface area contributed by atoms with Crippen molar-refractivity contribution in [2.24, 2.45) is 0 Å². The van der Waals surface area contributed by atoms with Crippen LogP contribution >= 0.6 is 0 Å². The molecule has 4 rings (SSSR count). The van der Waals surface area contributed by atoms with Gasteiger partial charge in [0, 0.05) is 30.6 Å². The Labute approximate surface area is 163 Å². The van der Waals surface area contributed by atoms with Crippen LogP contribution < -0.4 is 5.32 Å². The van der Waals surface area contributed by atoms with E-state index in [0.717, 1.165) is 22.4 Å². The van der Waals surface area contributed by atoms with Gasteiger partial charge in [-0.3, -0.25) is 14.8 Å². The van der Waals surface area contributed by atoms with Gasteiger partial charge in [0.1, 0.15) is 12.2 Å². The molecule has 1 N–H and O–H groups in total. The highest BCUT2D eigenvalue weighted by Crippen LogP contribution is 2.23. The summed E-state index contributed by atoms with van der Waals surface area (Å²) in [6, 6.07) is 19.3. The van der Waals surface area contributed by atoms with Crippen LogP contribution in [0.2, 0.25) is 0 Å². The normalized spacial score (nSPS) is 12.0. The van der Waals surface area contributed by atoms with Gasteiger partial charge in [0.15, 0.2) is 5.82 Å². The fourth-order valence-electron chi connectivity index (χ4n) is 3.27. The third-order valence-electron chi connectivity index (χ3n) is 4.50. The van der Waals surface area contributed by atoms with Gasteiger partial charge in [-0.15, -0.1) is 0 Å². The largest absolute Gasteiger partial charge is 0.352 e. The highest BCUT2D eigenvalue weighted by atomic mass is 16.2. The number of imidazole rings is 1. The maximum absolute atomic E-state index is 12.7. The van der Waals surface area contributed by atoms with Gasteiger partial charge >= 0.3 is 0 Å². The Hall–Kier alpha value is -3.54. The van der Waals surface area contributed by atoms with Crippen molar-refractivity contribution in [1.82, 2.24) is 24.8 Å². The Balaban J connectivity index is 1.56. The van der Waals surface area contributed by atoms with Gasteiger partial charge in [0.25, 0.3) is 0 Å². The number of carbonyl (C=O) groups excluding carboxylic acids is 1. The summed E-state index contributed by atoms with van der Waals surface area (Å²) in [5, 5.41) is 3.06. The molecule has 0 radical (unpaired) electrons. The van der Waals surface area contributed by atoms with Crippen LogP contribution in [0.4, 0.5) is 0 Å². The molecular formula is C22H21N5O. The van der Waals surface area contributed by atoms with Gasteiger partial charge in [-0.2, -0.15) is 0 Å². The molecule has 140 valence electrons. The minimum atomic E-state index is -0.0660.